The maximum Gasteiger partial charge on any atom is 0.274 e. The van der Waals surface area contributed by atoms with E-state index in [0.717, 1.165) is 38.5 Å². The number of likely N-dealkylation sites (N-methyl/N-ethyl adjacent to an activating group) is 1. The lowest BCUT2D eigenvalue weighted by Crippen LogP contribution is -2.46. The average Bonchev–Trinajstić information content (AvgIpc) is 2.73. The van der Waals surface area contributed by atoms with E-state index >= 15 is 0 Å². The van der Waals surface area contributed by atoms with Gasteiger partial charge in [-0.05, 0) is 18.7 Å². The van der Waals surface area contributed by atoms with Gasteiger partial charge in [0.25, 0.3) is 5.91 Å². The van der Waals surface area contributed by atoms with Gasteiger partial charge in [-0.3, -0.25) is 4.79 Å². The summed E-state index contributed by atoms with van der Waals surface area (Å²) >= 11 is 0. The molecule has 1 saturated heterocycles. The first-order chi connectivity index (χ1) is 13.1. The lowest BCUT2D eigenvalue weighted by molar-refractivity contribution is 0.102. The molecule has 8 heteroatoms. The van der Waals surface area contributed by atoms with Gasteiger partial charge < -0.3 is 24.6 Å². The fourth-order valence-electron chi connectivity index (χ4n) is 3.05. The third kappa shape index (κ3) is 4.46. The minimum Gasteiger partial charge on any atom is -0.493 e. The number of nitrogens with zero attached hydrogens (tertiary/aromatic N) is 4. The van der Waals surface area contributed by atoms with E-state index < -0.39 is 0 Å². The van der Waals surface area contributed by atoms with Gasteiger partial charge in [0, 0.05) is 44.0 Å². The van der Waals surface area contributed by atoms with Crippen molar-refractivity contribution in [2.75, 3.05) is 57.2 Å². The minimum absolute atomic E-state index is 0.293. The standard InChI is InChI=1S/C19H25N5O3/c1-4-23-7-9-24(10-8-23)18-12-15(20-13-21-18)19(25)22-14-5-6-16(26-2)17(11-14)27-3/h5-6,11-13H,4,7-10H2,1-3H3,(H,22,25). The Balaban J connectivity index is 1.70. The van der Waals surface area contributed by atoms with Gasteiger partial charge in [0.1, 0.15) is 17.8 Å². The van der Waals surface area contributed by atoms with Gasteiger partial charge in [0.2, 0.25) is 0 Å². The van der Waals surface area contributed by atoms with E-state index in [4.69, 9.17) is 9.47 Å². The number of ether oxygens (including phenoxy) is 2. The van der Waals surface area contributed by atoms with Crippen LogP contribution in [0, 0.1) is 0 Å². The lowest BCUT2D eigenvalue weighted by Gasteiger charge is -2.34. The Morgan fingerprint density at radius 3 is 2.48 bits per heavy atom. The van der Waals surface area contributed by atoms with Crippen LogP contribution < -0.4 is 19.7 Å². The summed E-state index contributed by atoms with van der Waals surface area (Å²) in [6.07, 6.45) is 1.44. The van der Waals surface area contributed by atoms with Gasteiger partial charge in [-0.25, -0.2) is 9.97 Å². The fraction of sp³-hybridized carbons (Fsp3) is 0.421. The summed E-state index contributed by atoms with van der Waals surface area (Å²) in [6.45, 7) is 6.98. The Hall–Kier alpha value is -2.87. The highest BCUT2D eigenvalue weighted by atomic mass is 16.5. The number of rotatable bonds is 6. The maximum absolute atomic E-state index is 12.6. The van der Waals surface area contributed by atoms with E-state index in [9.17, 15) is 4.79 Å². The summed E-state index contributed by atoms with van der Waals surface area (Å²) in [7, 11) is 3.12. The molecule has 2 heterocycles. The van der Waals surface area contributed by atoms with Crippen LogP contribution in [0.5, 0.6) is 11.5 Å². The molecule has 0 bridgehead atoms. The summed E-state index contributed by atoms with van der Waals surface area (Å²) in [6, 6.07) is 6.94. The third-order valence-corrected chi connectivity index (χ3v) is 4.67. The first kappa shape index (κ1) is 18.9. The first-order valence-corrected chi connectivity index (χ1v) is 8.97. The van der Waals surface area contributed by atoms with Gasteiger partial charge >= 0.3 is 0 Å². The smallest absolute Gasteiger partial charge is 0.274 e. The maximum atomic E-state index is 12.6. The van der Waals surface area contributed by atoms with Crippen molar-refractivity contribution < 1.29 is 14.3 Å². The zero-order valence-corrected chi connectivity index (χ0v) is 15.9. The number of carbonyl (C=O) groups is 1. The third-order valence-electron chi connectivity index (χ3n) is 4.67. The molecule has 1 aliphatic rings. The van der Waals surface area contributed by atoms with Crippen molar-refractivity contribution >= 4 is 17.4 Å². The van der Waals surface area contributed by atoms with Crippen molar-refractivity contribution in [1.82, 2.24) is 14.9 Å². The second-order valence-corrected chi connectivity index (χ2v) is 6.21. The lowest BCUT2D eigenvalue weighted by atomic mass is 10.2. The molecule has 0 atom stereocenters. The van der Waals surface area contributed by atoms with Crippen molar-refractivity contribution in [1.29, 1.82) is 0 Å². The SMILES string of the molecule is CCN1CCN(c2cc(C(=O)Nc3ccc(OC)c(OC)c3)ncn2)CC1. The number of hydrogen-bond donors (Lipinski definition) is 1. The number of piperazine rings is 1. The Morgan fingerprint density at radius 1 is 1.07 bits per heavy atom. The second-order valence-electron chi connectivity index (χ2n) is 6.21. The highest BCUT2D eigenvalue weighted by Crippen LogP contribution is 2.29. The van der Waals surface area contributed by atoms with Crippen molar-refractivity contribution in [3.8, 4) is 11.5 Å². The molecule has 2 aromatic rings. The van der Waals surface area contributed by atoms with E-state index in [-0.39, 0.29) is 5.91 Å². The summed E-state index contributed by atoms with van der Waals surface area (Å²) in [4.78, 5) is 25.6. The van der Waals surface area contributed by atoms with E-state index in [0.29, 0.717) is 22.9 Å². The van der Waals surface area contributed by atoms with Crippen LogP contribution in [0.1, 0.15) is 17.4 Å². The van der Waals surface area contributed by atoms with Gasteiger partial charge in [0.15, 0.2) is 11.5 Å². The molecule has 27 heavy (non-hydrogen) atoms. The Bertz CT molecular complexity index is 791. The molecule has 1 fully saturated rings. The first-order valence-electron chi connectivity index (χ1n) is 8.97. The van der Waals surface area contributed by atoms with E-state index in [1.165, 1.54) is 6.33 Å². The topological polar surface area (TPSA) is 79.8 Å². The molecule has 1 aromatic heterocycles. The highest BCUT2D eigenvalue weighted by Gasteiger charge is 2.18. The number of aromatic nitrogens is 2. The number of carbonyl (C=O) groups excluding carboxylic acids is 1. The zero-order valence-electron chi connectivity index (χ0n) is 15.9. The molecule has 1 N–H and O–H groups in total. The van der Waals surface area contributed by atoms with E-state index in [2.05, 4.69) is 32.0 Å². The largest absolute Gasteiger partial charge is 0.493 e. The molecule has 0 radical (unpaired) electrons. The van der Waals surface area contributed by atoms with Crippen LogP contribution in [0.2, 0.25) is 0 Å². The second kappa shape index (κ2) is 8.68. The number of benzene rings is 1. The van der Waals surface area contributed by atoms with Gasteiger partial charge in [-0.1, -0.05) is 6.92 Å². The van der Waals surface area contributed by atoms with Crippen LogP contribution in [0.3, 0.4) is 0 Å². The normalized spacial score (nSPS) is 14.7. The Morgan fingerprint density at radius 2 is 1.81 bits per heavy atom. The predicted octanol–water partition coefficient (Wildman–Crippen LogP) is 1.89. The summed E-state index contributed by atoms with van der Waals surface area (Å²) in [5, 5.41) is 2.84. The van der Waals surface area contributed by atoms with Crippen molar-refractivity contribution in [3.63, 3.8) is 0 Å². The number of nitrogens with one attached hydrogen (secondary N) is 1. The molecule has 3 rings (SSSR count). The molecule has 0 aliphatic carbocycles. The number of anilines is 2. The summed E-state index contributed by atoms with van der Waals surface area (Å²) in [5.41, 5.74) is 0.932. The van der Waals surface area contributed by atoms with E-state index in [1.807, 2.05) is 0 Å². The van der Waals surface area contributed by atoms with Crippen LogP contribution in [-0.4, -0.2) is 67.7 Å². The molecule has 8 nitrogen and oxygen atoms in total. The monoisotopic (exact) mass is 371 g/mol. The van der Waals surface area contributed by atoms with Crippen LogP contribution >= 0.6 is 0 Å². The highest BCUT2D eigenvalue weighted by molar-refractivity contribution is 6.03. The average molecular weight is 371 g/mol. The molecule has 1 aromatic carbocycles. The van der Waals surface area contributed by atoms with Gasteiger partial charge in [0.05, 0.1) is 14.2 Å². The predicted molar refractivity (Wildman–Crippen MR) is 104 cm³/mol. The van der Waals surface area contributed by atoms with Crippen LogP contribution in [0.15, 0.2) is 30.6 Å². The Labute approximate surface area is 159 Å². The fourth-order valence-corrected chi connectivity index (χ4v) is 3.05. The molecule has 0 saturated carbocycles. The summed E-state index contributed by atoms with van der Waals surface area (Å²) in [5.74, 6) is 1.63. The summed E-state index contributed by atoms with van der Waals surface area (Å²) < 4.78 is 10.5. The molecule has 144 valence electrons. The number of methoxy groups -OCH3 is 2. The van der Waals surface area contributed by atoms with E-state index in [1.54, 1.807) is 38.5 Å². The minimum atomic E-state index is -0.293. The van der Waals surface area contributed by atoms with Crippen LogP contribution in [-0.2, 0) is 0 Å². The Kier molecular flexibility index (Phi) is 6.08. The molecule has 0 spiro atoms. The van der Waals surface area contributed by atoms with Crippen LogP contribution in [0.25, 0.3) is 0 Å². The number of hydrogen-bond acceptors (Lipinski definition) is 7. The van der Waals surface area contributed by atoms with Crippen molar-refractivity contribution in [3.05, 3.63) is 36.3 Å². The quantitative estimate of drug-likeness (QED) is 0.830. The molecule has 1 amide bonds. The molecule has 1 aliphatic heterocycles. The van der Waals surface area contributed by atoms with Crippen molar-refractivity contribution in [2.45, 2.75) is 6.92 Å². The van der Waals surface area contributed by atoms with Gasteiger partial charge in [-0.2, -0.15) is 0 Å². The molecular formula is C19H25N5O3. The van der Waals surface area contributed by atoms with Crippen molar-refractivity contribution in [2.24, 2.45) is 0 Å². The number of amides is 1. The zero-order chi connectivity index (χ0) is 19.2. The molecular weight excluding hydrogens is 346 g/mol. The molecule has 0 unspecified atom stereocenters. The van der Waals surface area contributed by atoms with Crippen LogP contribution in [0.4, 0.5) is 11.5 Å². The van der Waals surface area contributed by atoms with Gasteiger partial charge in [-0.15, -0.1) is 0 Å².